The second-order valence-corrected chi connectivity index (χ2v) is 7.55. The molecule has 0 spiro atoms. The predicted molar refractivity (Wildman–Crippen MR) is 90.7 cm³/mol. The van der Waals surface area contributed by atoms with E-state index < -0.39 is 0 Å². The summed E-state index contributed by atoms with van der Waals surface area (Å²) in [4.78, 5) is 4.32. The van der Waals surface area contributed by atoms with Gasteiger partial charge in [-0.1, -0.05) is 0 Å². The average Bonchev–Trinajstić information content (AvgIpc) is 2.70. The molecule has 0 aliphatic heterocycles. The minimum absolute atomic E-state index is 0.723. The fraction of sp³-hybridized carbons (Fsp3) is 0.667. The molecule has 0 bridgehead atoms. The maximum absolute atomic E-state index is 4.32. The van der Waals surface area contributed by atoms with Gasteiger partial charge in [-0.2, -0.15) is 0 Å². The Bertz CT molecular complexity index is 492. The summed E-state index contributed by atoms with van der Waals surface area (Å²) in [7, 11) is 2.10. The minimum atomic E-state index is 0.723. The Labute approximate surface area is 141 Å². The van der Waals surface area contributed by atoms with Crippen LogP contribution in [0.3, 0.4) is 0 Å². The molecule has 0 unspecified atom stereocenters. The molecule has 0 saturated heterocycles. The topological polar surface area (TPSA) is 17.3 Å². The first-order valence-electron chi connectivity index (χ1n) is 8.16. The third-order valence-electron chi connectivity index (χ3n) is 4.54. The molecule has 0 aliphatic rings. The fourth-order valence-corrected chi connectivity index (χ4v) is 4.64. The SMILES string of the molecule is C=Nc1c([C](=[W])C(CCCC)CCCC)c(C)c(C)n1C. The summed E-state index contributed by atoms with van der Waals surface area (Å²) in [6.07, 6.45) is 7.85. The van der Waals surface area contributed by atoms with Crippen LogP contribution >= 0.6 is 0 Å². The van der Waals surface area contributed by atoms with Crippen LogP contribution in [0.15, 0.2) is 4.99 Å². The van der Waals surface area contributed by atoms with Gasteiger partial charge >= 0.3 is 141 Å². The van der Waals surface area contributed by atoms with E-state index in [-0.39, 0.29) is 0 Å². The first-order valence-corrected chi connectivity index (χ1v) is 9.62. The van der Waals surface area contributed by atoms with E-state index in [9.17, 15) is 0 Å². The van der Waals surface area contributed by atoms with Crippen LogP contribution in [-0.2, 0) is 26.4 Å². The normalized spacial score (nSPS) is 11.1. The summed E-state index contributed by atoms with van der Waals surface area (Å²) in [5.74, 6) is 1.79. The van der Waals surface area contributed by atoms with Gasteiger partial charge in [-0.25, -0.2) is 0 Å². The molecule has 0 aliphatic carbocycles. The molecule has 3 heteroatoms. The number of rotatable bonds is 9. The van der Waals surface area contributed by atoms with E-state index in [4.69, 9.17) is 0 Å². The number of hydrogen-bond donors (Lipinski definition) is 0. The van der Waals surface area contributed by atoms with Crippen molar-refractivity contribution in [1.82, 2.24) is 4.57 Å². The summed E-state index contributed by atoms with van der Waals surface area (Å²) < 4.78 is 3.79. The van der Waals surface area contributed by atoms with Crippen molar-refractivity contribution in [2.24, 2.45) is 18.0 Å². The van der Waals surface area contributed by atoms with E-state index in [0.717, 1.165) is 11.7 Å². The van der Waals surface area contributed by atoms with Crippen molar-refractivity contribution in [1.29, 1.82) is 0 Å². The van der Waals surface area contributed by atoms with Gasteiger partial charge in [0.1, 0.15) is 0 Å². The predicted octanol–water partition coefficient (Wildman–Crippen LogP) is 5.04. The first kappa shape index (κ1) is 18.6. The molecule has 0 radical (unpaired) electrons. The summed E-state index contributed by atoms with van der Waals surface area (Å²) in [6, 6.07) is 0. The Kier molecular flexibility index (Phi) is 7.80. The van der Waals surface area contributed by atoms with E-state index in [1.165, 1.54) is 55.3 Å². The van der Waals surface area contributed by atoms with Crippen molar-refractivity contribution in [3.8, 4) is 0 Å². The Morgan fingerprint density at radius 3 is 2.14 bits per heavy atom. The van der Waals surface area contributed by atoms with Gasteiger partial charge < -0.3 is 0 Å². The quantitative estimate of drug-likeness (QED) is 0.462. The van der Waals surface area contributed by atoms with Gasteiger partial charge in [0.25, 0.3) is 0 Å². The first-order chi connectivity index (χ1) is 9.99. The molecule has 1 aromatic heterocycles. The molecule has 0 saturated carbocycles. The van der Waals surface area contributed by atoms with Crippen molar-refractivity contribution in [3.05, 3.63) is 16.8 Å². The van der Waals surface area contributed by atoms with Crippen molar-refractivity contribution < 1.29 is 19.4 Å². The molecular formula is C18H30N2W. The van der Waals surface area contributed by atoms with E-state index in [1.54, 1.807) is 23.3 Å². The van der Waals surface area contributed by atoms with Gasteiger partial charge in [0.15, 0.2) is 0 Å². The van der Waals surface area contributed by atoms with Crippen LogP contribution in [0.25, 0.3) is 0 Å². The van der Waals surface area contributed by atoms with Gasteiger partial charge in [0, 0.05) is 0 Å². The summed E-state index contributed by atoms with van der Waals surface area (Å²) >= 11 is 1.60. The Hall–Kier alpha value is -0.492. The number of unbranched alkanes of at least 4 members (excludes halogenated alkanes) is 2. The molecule has 0 N–H and O–H groups in total. The second kappa shape index (κ2) is 8.83. The van der Waals surface area contributed by atoms with Crippen molar-refractivity contribution in [2.75, 3.05) is 0 Å². The van der Waals surface area contributed by atoms with Gasteiger partial charge in [0.05, 0.1) is 0 Å². The third kappa shape index (κ3) is 4.25. The van der Waals surface area contributed by atoms with Gasteiger partial charge in [-0.3, -0.25) is 0 Å². The fourth-order valence-electron chi connectivity index (χ4n) is 2.92. The van der Waals surface area contributed by atoms with E-state index in [1.807, 2.05) is 0 Å². The Morgan fingerprint density at radius 1 is 1.19 bits per heavy atom. The number of hydrogen-bond acceptors (Lipinski definition) is 1. The zero-order chi connectivity index (χ0) is 16.0. The molecular weight excluding hydrogens is 428 g/mol. The van der Waals surface area contributed by atoms with E-state index in [0.29, 0.717) is 0 Å². The van der Waals surface area contributed by atoms with E-state index >= 15 is 0 Å². The molecule has 0 atom stereocenters. The Morgan fingerprint density at radius 2 is 1.71 bits per heavy atom. The molecule has 0 aromatic carbocycles. The standard InChI is InChI=1S/C18H30N2.W/c1-7-9-11-16(12-10-8-2)13-17-14(3)15(4)20(6)18(17)19-5;/h16H,5,7-12H2,1-4,6H3;. The average molecular weight is 458 g/mol. The van der Waals surface area contributed by atoms with Crippen LogP contribution in [0.1, 0.15) is 69.2 Å². The molecule has 21 heavy (non-hydrogen) atoms. The van der Waals surface area contributed by atoms with Crippen LogP contribution in [0.4, 0.5) is 5.82 Å². The molecule has 2 nitrogen and oxygen atoms in total. The molecule has 118 valence electrons. The van der Waals surface area contributed by atoms with Crippen molar-refractivity contribution >= 4 is 16.4 Å². The maximum atomic E-state index is 4.32. The van der Waals surface area contributed by atoms with Crippen molar-refractivity contribution in [2.45, 2.75) is 66.2 Å². The van der Waals surface area contributed by atoms with Crippen LogP contribution in [-0.4, -0.2) is 15.2 Å². The van der Waals surface area contributed by atoms with Gasteiger partial charge in [-0.15, -0.1) is 0 Å². The molecule has 0 amide bonds. The van der Waals surface area contributed by atoms with Crippen LogP contribution in [0.5, 0.6) is 0 Å². The zero-order valence-corrected chi connectivity index (χ0v) is 17.3. The van der Waals surface area contributed by atoms with Crippen LogP contribution in [0, 0.1) is 19.8 Å². The summed E-state index contributed by atoms with van der Waals surface area (Å²) in [5, 5.41) is 0. The molecule has 0 fully saturated rings. The monoisotopic (exact) mass is 458 g/mol. The summed E-state index contributed by atoms with van der Waals surface area (Å²) in [5.41, 5.74) is 4.09. The molecule has 1 rings (SSSR count). The summed E-state index contributed by atoms with van der Waals surface area (Å²) in [6.45, 7) is 12.8. The zero-order valence-electron chi connectivity index (χ0n) is 14.3. The van der Waals surface area contributed by atoms with Crippen molar-refractivity contribution in [3.63, 3.8) is 0 Å². The third-order valence-corrected chi connectivity index (χ3v) is 6.47. The Balaban J connectivity index is 3.13. The second-order valence-electron chi connectivity index (χ2n) is 5.97. The number of nitrogens with zero attached hydrogens (tertiary/aromatic N) is 2. The number of aromatic nitrogens is 1. The van der Waals surface area contributed by atoms with Gasteiger partial charge in [0.2, 0.25) is 0 Å². The van der Waals surface area contributed by atoms with Gasteiger partial charge in [-0.05, 0) is 0 Å². The van der Waals surface area contributed by atoms with Crippen LogP contribution in [0.2, 0.25) is 0 Å². The number of aliphatic imine (C=N–C) groups is 1. The van der Waals surface area contributed by atoms with Crippen LogP contribution < -0.4 is 0 Å². The molecule has 1 aromatic rings. The molecule has 1 heterocycles. The van der Waals surface area contributed by atoms with E-state index in [2.05, 4.69) is 51.0 Å².